The van der Waals surface area contributed by atoms with Crippen LogP contribution in [0.4, 0.5) is 0 Å². The maximum atomic E-state index is 6.15. The Bertz CT molecular complexity index is 3140. The van der Waals surface area contributed by atoms with Crippen LogP contribution >= 0.6 is 0 Å². The van der Waals surface area contributed by atoms with Gasteiger partial charge in [0.2, 0.25) is 0 Å². The van der Waals surface area contributed by atoms with Gasteiger partial charge in [-0.25, -0.2) is 4.98 Å². The van der Waals surface area contributed by atoms with Gasteiger partial charge in [-0.15, -0.1) is 0 Å². The van der Waals surface area contributed by atoms with Gasteiger partial charge in [-0.2, -0.15) is 0 Å². The highest BCUT2D eigenvalue weighted by Crippen LogP contribution is 2.42. The Morgan fingerprint density at radius 1 is 0.392 bits per heavy atom. The summed E-state index contributed by atoms with van der Waals surface area (Å²) >= 11 is 0. The van der Waals surface area contributed by atoms with Crippen LogP contribution in [-0.4, -0.2) is 14.1 Å². The van der Waals surface area contributed by atoms with Crippen LogP contribution in [0.25, 0.3) is 99.4 Å². The third-order valence-electron chi connectivity index (χ3n) is 10.3. The van der Waals surface area contributed by atoms with E-state index >= 15 is 0 Å². The van der Waals surface area contributed by atoms with Gasteiger partial charge in [-0.05, 0) is 71.8 Å². The molecule has 0 fully saturated rings. The van der Waals surface area contributed by atoms with Crippen molar-refractivity contribution in [2.24, 2.45) is 0 Å². The molecule has 7 aromatic carbocycles. The van der Waals surface area contributed by atoms with Crippen molar-refractivity contribution in [3.05, 3.63) is 176 Å². The molecule has 0 aliphatic carbocycles. The number of hydrogen-bond acceptors (Lipinski definition) is 2. The third kappa shape index (κ3) is 4.17. The number of pyridine rings is 1. The van der Waals surface area contributed by atoms with Crippen molar-refractivity contribution in [3.8, 4) is 33.9 Å². The zero-order chi connectivity index (χ0) is 33.5. The topological polar surface area (TPSA) is 35.9 Å². The van der Waals surface area contributed by atoms with Crippen molar-refractivity contribution in [2.45, 2.75) is 0 Å². The quantitative estimate of drug-likeness (QED) is 0.190. The minimum atomic E-state index is 0.897. The van der Waals surface area contributed by atoms with Gasteiger partial charge in [-0.1, -0.05) is 115 Å². The molecule has 0 aliphatic rings. The lowest BCUT2D eigenvalue weighted by atomic mass is 10.0. The number of benzene rings is 7. The number of furan rings is 1. The van der Waals surface area contributed by atoms with E-state index in [0.717, 1.165) is 66.9 Å². The fourth-order valence-corrected chi connectivity index (χ4v) is 8.07. The van der Waals surface area contributed by atoms with E-state index in [1.54, 1.807) is 0 Å². The summed E-state index contributed by atoms with van der Waals surface area (Å²) in [6.45, 7) is 0. The normalized spacial score (nSPS) is 11.9. The molecule has 0 spiro atoms. The summed E-state index contributed by atoms with van der Waals surface area (Å²) in [5.74, 6) is 0.897. The standard InChI is InChI=1S/C47H29N3O/c1-2-12-30(13-3-1)39-19-11-23-45(48-39)50-41-21-8-5-18-37(41)46-42(50)26-25-36-34-16-4-7-20-40(34)49(47(36)46)33-15-10-14-31(28-33)32-24-27-44-38(29-32)35-17-6-9-22-43(35)51-44/h1-29H. The lowest BCUT2D eigenvalue weighted by molar-refractivity contribution is 0.669. The van der Waals surface area contributed by atoms with E-state index in [0.29, 0.717) is 0 Å². The van der Waals surface area contributed by atoms with E-state index in [-0.39, 0.29) is 0 Å². The number of fused-ring (bicyclic) bond motifs is 10. The largest absolute Gasteiger partial charge is 0.456 e. The monoisotopic (exact) mass is 651 g/mol. The highest BCUT2D eigenvalue weighted by molar-refractivity contribution is 6.26. The second-order valence-electron chi connectivity index (χ2n) is 13.2. The molecule has 11 rings (SSSR count). The molecule has 0 saturated carbocycles. The molecule has 4 aromatic heterocycles. The van der Waals surface area contributed by atoms with Gasteiger partial charge in [0.1, 0.15) is 17.0 Å². The van der Waals surface area contributed by atoms with Crippen molar-refractivity contribution in [2.75, 3.05) is 0 Å². The first kappa shape index (κ1) is 28.0. The minimum Gasteiger partial charge on any atom is -0.456 e. The first-order chi connectivity index (χ1) is 25.3. The lowest BCUT2D eigenvalue weighted by Gasteiger charge is -2.12. The van der Waals surface area contributed by atoms with Crippen molar-refractivity contribution in [3.63, 3.8) is 0 Å². The van der Waals surface area contributed by atoms with Crippen LogP contribution in [0.3, 0.4) is 0 Å². The Morgan fingerprint density at radius 2 is 1.08 bits per heavy atom. The zero-order valence-corrected chi connectivity index (χ0v) is 27.5. The average molecular weight is 652 g/mol. The zero-order valence-electron chi connectivity index (χ0n) is 27.5. The van der Waals surface area contributed by atoms with Crippen LogP contribution in [0.15, 0.2) is 180 Å². The van der Waals surface area contributed by atoms with Crippen molar-refractivity contribution >= 4 is 65.6 Å². The highest BCUT2D eigenvalue weighted by atomic mass is 16.3. The molecule has 0 N–H and O–H groups in total. The van der Waals surface area contributed by atoms with E-state index in [4.69, 9.17) is 9.40 Å². The molecule has 0 amide bonds. The Labute approximate surface area is 293 Å². The van der Waals surface area contributed by atoms with Crippen LogP contribution in [0, 0.1) is 0 Å². The molecule has 0 aliphatic heterocycles. The van der Waals surface area contributed by atoms with Crippen LogP contribution in [0.1, 0.15) is 0 Å². The summed E-state index contributed by atoms with van der Waals surface area (Å²) in [6, 6.07) is 62.4. The van der Waals surface area contributed by atoms with E-state index in [1.165, 1.54) is 32.6 Å². The molecule has 0 saturated heterocycles. The van der Waals surface area contributed by atoms with E-state index < -0.39 is 0 Å². The van der Waals surface area contributed by atoms with Gasteiger partial charge in [0, 0.05) is 43.6 Å². The third-order valence-corrected chi connectivity index (χ3v) is 10.3. The lowest BCUT2D eigenvalue weighted by Crippen LogP contribution is -1.98. The number of aromatic nitrogens is 3. The van der Waals surface area contributed by atoms with Gasteiger partial charge < -0.3 is 8.98 Å². The molecule has 4 heteroatoms. The number of hydrogen-bond donors (Lipinski definition) is 0. The van der Waals surface area contributed by atoms with Gasteiger partial charge in [0.05, 0.1) is 27.8 Å². The fourth-order valence-electron chi connectivity index (χ4n) is 8.07. The molecule has 0 bridgehead atoms. The van der Waals surface area contributed by atoms with Crippen LogP contribution in [0.5, 0.6) is 0 Å². The minimum absolute atomic E-state index is 0.897. The smallest absolute Gasteiger partial charge is 0.138 e. The number of rotatable bonds is 4. The van der Waals surface area contributed by atoms with Gasteiger partial charge in [0.15, 0.2) is 0 Å². The molecule has 11 aromatic rings. The number of para-hydroxylation sites is 3. The Morgan fingerprint density at radius 3 is 1.96 bits per heavy atom. The molecule has 51 heavy (non-hydrogen) atoms. The predicted molar refractivity (Wildman–Crippen MR) is 211 cm³/mol. The molecule has 0 radical (unpaired) electrons. The van der Waals surface area contributed by atoms with Crippen LogP contribution in [-0.2, 0) is 0 Å². The average Bonchev–Trinajstić information content (AvgIpc) is 3.86. The summed E-state index contributed by atoms with van der Waals surface area (Å²) < 4.78 is 10.9. The maximum absolute atomic E-state index is 6.15. The molecule has 0 unspecified atom stereocenters. The molecule has 238 valence electrons. The van der Waals surface area contributed by atoms with E-state index in [9.17, 15) is 0 Å². The highest BCUT2D eigenvalue weighted by Gasteiger charge is 2.21. The Balaban J connectivity index is 1.18. The van der Waals surface area contributed by atoms with Crippen LogP contribution in [0.2, 0.25) is 0 Å². The molecular weight excluding hydrogens is 623 g/mol. The van der Waals surface area contributed by atoms with E-state index in [2.05, 4.69) is 167 Å². The summed E-state index contributed by atoms with van der Waals surface area (Å²) in [7, 11) is 0. The first-order valence-corrected chi connectivity index (χ1v) is 17.3. The predicted octanol–water partition coefficient (Wildman–Crippen LogP) is 12.5. The maximum Gasteiger partial charge on any atom is 0.138 e. The van der Waals surface area contributed by atoms with Crippen molar-refractivity contribution in [1.82, 2.24) is 14.1 Å². The van der Waals surface area contributed by atoms with E-state index in [1.807, 2.05) is 18.2 Å². The molecule has 4 heterocycles. The first-order valence-electron chi connectivity index (χ1n) is 17.3. The SMILES string of the molecule is c1ccc(-c2cccc(-n3c4ccccc4c4c3ccc3c5ccccc5n(-c5cccc(-c6ccc7oc8ccccc8c7c6)c5)c34)n2)cc1. The van der Waals surface area contributed by atoms with Crippen molar-refractivity contribution in [1.29, 1.82) is 0 Å². The Kier molecular flexibility index (Phi) is 5.92. The van der Waals surface area contributed by atoms with Crippen LogP contribution < -0.4 is 0 Å². The summed E-state index contributed by atoms with van der Waals surface area (Å²) in [5.41, 5.74) is 11.9. The Hall–Kier alpha value is -6.91. The number of nitrogens with zero attached hydrogens (tertiary/aromatic N) is 3. The van der Waals surface area contributed by atoms with Gasteiger partial charge >= 0.3 is 0 Å². The summed E-state index contributed by atoms with van der Waals surface area (Å²) in [6.07, 6.45) is 0. The van der Waals surface area contributed by atoms with Gasteiger partial charge in [0.25, 0.3) is 0 Å². The fraction of sp³-hybridized carbons (Fsp3) is 0. The van der Waals surface area contributed by atoms with Crippen molar-refractivity contribution < 1.29 is 4.42 Å². The molecule has 0 atom stereocenters. The molecule has 4 nitrogen and oxygen atoms in total. The molecular formula is C47H29N3O. The second-order valence-corrected chi connectivity index (χ2v) is 13.2. The summed E-state index contributed by atoms with van der Waals surface area (Å²) in [5, 5.41) is 7.13. The van der Waals surface area contributed by atoms with Gasteiger partial charge in [-0.3, -0.25) is 4.57 Å². The summed E-state index contributed by atoms with van der Waals surface area (Å²) in [4.78, 5) is 5.22. The second kappa shape index (κ2) is 10.8.